The summed E-state index contributed by atoms with van der Waals surface area (Å²) in [4.78, 5) is 0. The van der Waals surface area contributed by atoms with Gasteiger partial charge in [0.2, 0.25) is 0 Å². The number of halogens is 2. The quantitative estimate of drug-likeness (QED) is 0.663. The van der Waals surface area contributed by atoms with Gasteiger partial charge in [0.1, 0.15) is 12.4 Å². The molecule has 2 nitrogen and oxygen atoms in total. The molecular weight excluding hydrogens is 347 g/mol. The number of hydrogen-bond acceptors (Lipinski definition) is 2. The van der Waals surface area contributed by atoms with Crippen molar-refractivity contribution in [3.63, 3.8) is 0 Å². The minimum absolute atomic E-state index is 0.325. The molecule has 0 amide bonds. The van der Waals surface area contributed by atoms with Crippen LogP contribution < -0.4 is 4.74 Å². The molecule has 1 unspecified atom stereocenters. The van der Waals surface area contributed by atoms with Crippen molar-refractivity contribution in [2.24, 2.45) is 0 Å². The van der Waals surface area contributed by atoms with Gasteiger partial charge in [-0.3, -0.25) is 0 Å². The van der Waals surface area contributed by atoms with Crippen LogP contribution in [0.2, 0.25) is 0 Å². The SMILES string of the molecule is OC(CBr)COc1cccc(I)c1. The van der Waals surface area contributed by atoms with Crippen LogP contribution in [0.15, 0.2) is 24.3 Å². The van der Waals surface area contributed by atoms with Crippen LogP contribution in [0, 0.1) is 3.57 Å². The second-order valence-corrected chi connectivity index (χ2v) is 4.47. The minimum Gasteiger partial charge on any atom is -0.491 e. The number of aliphatic hydroxyl groups is 1. The van der Waals surface area contributed by atoms with Gasteiger partial charge in [0, 0.05) is 8.90 Å². The Morgan fingerprint density at radius 1 is 1.54 bits per heavy atom. The van der Waals surface area contributed by atoms with Crippen LogP contribution in [-0.4, -0.2) is 23.1 Å². The second kappa shape index (κ2) is 5.82. The zero-order valence-electron chi connectivity index (χ0n) is 6.91. The van der Waals surface area contributed by atoms with Gasteiger partial charge < -0.3 is 9.84 Å². The highest BCUT2D eigenvalue weighted by Gasteiger charge is 2.02. The molecule has 0 bridgehead atoms. The highest BCUT2D eigenvalue weighted by molar-refractivity contribution is 14.1. The summed E-state index contributed by atoms with van der Waals surface area (Å²) in [5.41, 5.74) is 0. The molecule has 0 saturated heterocycles. The lowest BCUT2D eigenvalue weighted by Crippen LogP contribution is -2.18. The van der Waals surface area contributed by atoms with Crippen molar-refractivity contribution in [1.82, 2.24) is 0 Å². The first-order valence-electron chi connectivity index (χ1n) is 3.85. The van der Waals surface area contributed by atoms with E-state index in [4.69, 9.17) is 4.74 Å². The Hall–Kier alpha value is 0.190. The van der Waals surface area contributed by atoms with E-state index in [2.05, 4.69) is 38.5 Å². The fraction of sp³-hybridized carbons (Fsp3) is 0.333. The Morgan fingerprint density at radius 2 is 2.31 bits per heavy atom. The molecule has 0 fully saturated rings. The summed E-state index contributed by atoms with van der Waals surface area (Å²) in [6.45, 7) is 0.325. The van der Waals surface area contributed by atoms with Crippen molar-refractivity contribution in [3.05, 3.63) is 27.8 Å². The van der Waals surface area contributed by atoms with Gasteiger partial charge in [-0.15, -0.1) is 0 Å². The molecule has 0 aliphatic carbocycles. The van der Waals surface area contributed by atoms with Gasteiger partial charge in [-0.2, -0.15) is 0 Å². The fourth-order valence-electron chi connectivity index (χ4n) is 0.794. The number of hydrogen-bond donors (Lipinski definition) is 1. The molecule has 13 heavy (non-hydrogen) atoms. The Morgan fingerprint density at radius 3 is 2.92 bits per heavy atom. The lowest BCUT2D eigenvalue weighted by atomic mass is 10.3. The van der Waals surface area contributed by atoms with Crippen molar-refractivity contribution in [2.75, 3.05) is 11.9 Å². The van der Waals surface area contributed by atoms with Crippen LogP contribution in [0.3, 0.4) is 0 Å². The normalized spacial score (nSPS) is 12.5. The van der Waals surface area contributed by atoms with Crippen LogP contribution in [0.25, 0.3) is 0 Å². The van der Waals surface area contributed by atoms with Gasteiger partial charge in [-0.05, 0) is 40.8 Å². The highest BCUT2D eigenvalue weighted by Crippen LogP contribution is 2.14. The van der Waals surface area contributed by atoms with Crippen molar-refractivity contribution >= 4 is 38.5 Å². The highest BCUT2D eigenvalue weighted by atomic mass is 127. The summed E-state index contributed by atoms with van der Waals surface area (Å²) in [7, 11) is 0. The van der Waals surface area contributed by atoms with Crippen LogP contribution >= 0.6 is 38.5 Å². The van der Waals surface area contributed by atoms with E-state index < -0.39 is 6.10 Å². The maximum absolute atomic E-state index is 9.21. The maximum atomic E-state index is 9.21. The van der Waals surface area contributed by atoms with Crippen molar-refractivity contribution < 1.29 is 9.84 Å². The van der Waals surface area contributed by atoms with Gasteiger partial charge in [0.05, 0.1) is 6.10 Å². The zero-order valence-corrected chi connectivity index (χ0v) is 10.7. The molecule has 72 valence electrons. The Labute approximate surface area is 99.6 Å². The van der Waals surface area contributed by atoms with E-state index in [0.717, 1.165) is 9.32 Å². The first-order valence-corrected chi connectivity index (χ1v) is 6.05. The lowest BCUT2D eigenvalue weighted by molar-refractivity contribution is 0.127. The Kier molecular flexibility index (Phi) is 5.05. The van der Waals surface area contributed by atoms with Gasteiger partial charge in [0.15, 0.2) is 0 Å². The summed E-state index contributed by atoms with van der Waals surface area (Å²) in [6, 6.07) is 7.73. The first kappa shape index (κ1) is 11.3. The third kappa shape index (κ3) is 4.28. The van der Waals surface area contributed by atoms with E-state index in [-0.39, 0.29) is 0 Å². The molecule has 1 N–H and O–H groups in total. The van der Waals surface area contributed by atoms with E-state index in [1.807, 2.05) is 24.3 Å². The largest absolute Gasteiger partial charge is 0.491 e. The van der Waals surface area contributed by atoms with Crippen molar-refractivity contribution in [3.8, 4) is 5.75 Å². The van der Waals surface area contributed by atoms with Gasteiger partial charge in [-0.25, -0.2) is 0 Å². The zero-order chi connectivity index (χ0) is 9.68. The number of rotatable bonds is 4. The Balaban J connectivity index is 2.45. The molecule has 1 atom stereocenters. The molecule has 0 aromatic heterocycles. The summed E-state index contributed by atoms with van der Waals surface area (Å²) in [6.07, 6.45) is -0.446. The average molecular weight is 357 g/mol. The van der Waals surface area contributed by atoms with Gasteiger partial charge >= 0.3 is 0 Å². The van der Waals surface area contributed by atoms with E-state index >= 15 is 0 Å². The predicted octanol–water partition coefficient (Wildman–Crippen LogP) is 2.43. The smallest absolute Gasteiger partial charge is 0.120 e. The van der Waals surface area contributed by atoms with Gasteiger partial charge in [-0.1, -0.05) is 22.0 Å². The predicted molar refractivity (Wildman–Crippen MR) is 64.5 cm³/mol. The molecule has 0 saturated carbocycles. The molecule has 0 spiro atoms. The minimum atomic E-state index is -0.446. The molecule has 0 aliphatic heterocycles. The molecule has 1 rings (SSSR count). The number of ether oxygens (including phenoxy) is 1. The molecule has 1 aromatic carbocycles. The molecule has 1 aromatic rings. The van der Waals surface area contributed by atoms with E-state index in [1.165, 1.54) is 0 Å². The van der Waals surface area contributed by atoms with Crippen molar-refractivity contribution in [1.29, 1.82) is 0 Å². The topological polar surface area (TPSA) is 29.5 Å². The summed E-state index contributed by atoms with van der Waals surface area (Å²) < 4.78 is 6.48. The lowest BCUT2D eigenvalue weighted by Gasteiger charge is -2.09. The van der Waals surface area contributed by atoms with E-state index in [0.29, 0.717) is 11.9 Å². The number of aliphatic hydroxyl groups excluding tert-OH is 1. The fourth-order valence-corrected chi connectivity index (χ4v) is 1.50. The van der Waals surface area contributed by atoms with Crippen LogP contribution in [0.1, 0.15) is 0 Å². The molecule has 0 radical (unpaired) electrons. The number of benzene rings is 1. The third-order valence-electron chi connectivity index (χ3n) is 1.42. The molecular formula is C9H10BrIO2. The third-order valence-corrected chi connectivity index (χ3v) is 2.83. The summed E-state index contributed by atoms with van der Waals surface area (Å²) in [5.74, 6) is 0.798. The van der Waals surface area contributed by atoms with Crippen LogP contribution in [0.5, 0.6) is 5.75 Å². The molecule has 4 heteroatoms. The average Bonchev–Trinajstić information content (AvgIpc) is 2.14. The van der Waals surface area contributed by atoms with Crippen LogP contribution in [0.4, 0.5) is 0 Å². The monoisotopic (exact) mass is 356 g/mol. The van der Waals surface area contributed by atoms with E-state index in [9.17, 15) is 5.11 Å². The number of alkyl halides is 1. The summed E-state index contributed by atoms with van der Waals surface area (Å²) >= 11 is 5.39. The standard InChI is InChI=1S/C9H10BrIO2/c10-5-8(12)6-13-9-3-1-2-7(11)4-9/h1-4,8,12H,5-6H2. The molecule has 0 heterocycles. The molecule has 0 aliphatic rings. The Bertz CT molecular complexity index is 268. The van der Waals surface area contributed by atoms with E-state index in [1.54, 1.807) is 0 Å². The van der Waals surface area contributed by atoms with Crippen molar-refractivity contribution in [2.45, 2.75) is 6.10 Å². The first-order chi connectivity index (χ1) is 6.22. The van der Waals surface area contributed by atoms with Crippen LogP contribution in [-0.2, 0) is 0 Å². The summed E-state index contributed by atoms with van der Waals surface area (Å²) in [5, 5.41) is 9.75. The second-order valence-electron chi connectivity index (χ2n) is 2.58. The van der Waals surface area contributed by atoms with Gasteiger partial charge in [0.25, 0.3) is 0 Å². The maximum Gasteiger partial charge on any atom is 0.120 e.